The molecule has 8 heteroatoms. The number of hydrogen-bond acceptors (Lipinski definition) is 6. The van der Waals surface area contributed by atoms with Crippen molar-refractivity contribution in [1.82, 2.24) is 0 Å². The summed E-state index contributed by atoms with van der Waals surface area (Å²) in [4.78, 5) is 35.3. The summed E-state index contributed by atoms with van der Waals surface area (Å²) in [5, 5.41) is 11.1. The lowest BCUT2D eigenvalue weighted by Gasteiger charge is -2.21. The van der Waals surface area contributed by atoms with E-state index in [0.717, 1.165) is 4.90 Å². The Kier molecular flexibility index (Phi) is 6.30. The van der Waals surface area contributed by atoms with Crippen molar-refractivity contribution < 1.29 is 24.0 Å². The monoisotopic (exact) mass is 310 g/mol. The molecule has 0 N–H and O–H groups in total. The van der Waals surface area contributed by atoms with E-state index in [2.05, 4.69) is 0 Å². The number of ether oxygens (including phenoxy) is 2. The van der Waals surface area contributed by atoms with Gasteiger partial charge in [-0.05, 0) is 19.9 Å². The van der Waals surface area contributed by atoms with Crippen molar-refractivity contribution in [2.24, 2.45) is 0 Å². The second kappa shape index (κ2) is 7.96. The Morgan fingerprint density at radius 3 is 2.50 bits per heavy atom. The van der Waals surface area contributed by atoms with Crippen LogP contribution in [0.3, 0.4) is 0 Å². The molecule has 0 bridgehead atoms. The van der Waals surface area contributed by atoms with E-state index in [1.807, 2.05) is 0 Å². The lowest BCUT2D eigenvalue weighted by atomic mass is 10.2. The summed E-state index contributed by atoms with van der Waals surface area (Å²) in [5.74, 6) is -0.864. The molecule has 0 heterocycles. The van der Waals surface area contributed by atoms with Gasteiger partial charge in [-0.3, -0.25) is 19.7 Å². The largest absolute Gasteiger partial charge is 0.497 e. The summed E-state index contributed by atoms with van der Waals surface area (Å²) in [5.41, 5.74) is -0.152. The zero-order valence-corrected chi connectivity index (χ0v) is 12.7. The van der Waals surface area contributed by atoms with Crippen molar-refractivity contribution in [3.63, 3.8) is 0 Å². The van der Waals surface area contributed by atoms with Gasteiger partial charge >= 0.3 is 5.97 Å². The Morgan fingerprint density at radius 2 is 2.00 bits per heavy atom. The first-order chi connectivity index (χ1) is 10.4. The number of carbonyl (C=O) groups excluding carboxylic acids is 2. The zero-order valence-electron chi connectivity index (χ0n) is 12.7. The minimum absolute atomic E-state index is 0.0844. The maximum Gasteiger partial charge on any atom is 0.315 e. The van der Waals surface area contributed by atoms with E-state index >= 15 is 0 Å². The van der Waals surface area contributed by atoms with Crippen LogP contribution in [0.15, 0.2) is 18.2 Å². The molecule has 0 fully saturated rings. The van der Waals surface area contributed by atoms with Crippen molar-refractivity contribution in [1.29, 1.82) is 0 Å². The molecule has 0 aromatic heterocycles. The molecule has 0 saturated carbocycles. The van der Waals surface area contributed by atoms with E-state index < -0.39 is 23.2 Å². The van der Waals surface area contributed by atoms with Gasteiger partial charge < -0.3 is 14.4 Å². The topological polar surface area (TPSA) is 99.0 Å². The van der Waals surface area contributed by atoms with E-state index in [0.29, 0.717) is 5.75 Å². The number of anilines is 1. The van der Waals surface area contributed by atoms with Crippen LogP contribution in [0, 0.1) is 10.1 Å². The third kappa shape index (κ3) is 4.18. The summed E-state index contributed by atoms with van der Waals surface area (Å²) in [6, 6.07) is 4.09. The van der Waals surface area contributed by atoms with Crippen LogP contribution in [-0.4, -0.2) is 37.1 Å². The van der Waals surface area contributed by atoms with E-state index in [1.54, 1.807) is 13.8 Å². The van der Waals surface area contributed by atoms with Crippen LogP contribution < -0.4 is 9.64 Å². The molecule has 120 valence electrons. The SMILES string of the molecule is CCOC(=O)CC(=O)N(CC)c1cc(OC)ccc1[N+](=O)[O-]. The molecule has 0 saturated heterocycles. The molecule has 1 aromatic carbocycles. The first-order valence-corrected chi connectivity index (χ1v) is 6.72. The van der Waals surface area contributed by atoms with Gasteiger partial charge in [-0.25, -0.2) is 0 Å². The highest BCUT2D eigenvalue weighted by Crippen LogP contribution is 2.32. The number of methoxy groups -OCH3 is 1. The Labute approximate surface area is 127 Å². The van der Waals surface area contributed by atoms with Gasteiger partial charge in [0.15, 0.2) is 0 Å². The van der Waals surface area contributed by atoms with Crippen molar-refractivity contribution in [2.75, 3.05) is 25.2 Å². The molecule has 1 rings (SSSR count). The second-order valence-electron chi connectivity index (χ2n) is 4.23. The second-order valence-corrected chi connectivity index (χ2v) is 4.23. The lowest BCUT2D eigenvalue weighted by molar-refractivity contribution is -0.384. The maximum atomic E-state index is 12.2. The number of hydrogen-bond donors (Lipinski definition) is 0. The summed E-state index contributed by atoms with van der Waals surface area (Å²) >= 11 is 0. The number of esters is 1. The maximum absolute atomic E-state index is 12.2. The van der Waals surface area contributed by atoms with Gasteiger partial charge in [0.2, 0.25) is 5.91 Å². The van der Waals surface area contributed by atoms with Crippen molar-refractivity contribution in [2.45, 2.75) is 20.3 Å². The smallest absolute Gasteiger partial charge is 0.315 e. The molecule has 0 aliphatic heterocycles. The van der Waals surface area contributed by atoms with Gasteiger partial charge in [0, 0.05) is 18.7 Å². The van der Waals surface area contributed by atoms with Crippen molar-refractivity contribution in [3.8, 4) is 5.75 Å². The molecule has 0 aliphatic rings. The minimum Gasteiger partial charge on any atom is -0.497 e. The number of benzene rings is 1. The number of nitro groups is 1. The standard InChI is InChI=1S/C14H18N2O6/c1-4-15(13(17)9-14(18)22-5-2)12-8-10(21-3)6-7-11(12)16(19)20/h6-8H,4-5,9H2,1-3H3. The average Bonchev–Trinajstić information content (AvgIpc) is 2.47. The Bertz CT molecular complexity index is 572. The van der Waals surface area contributed by atoms with Crippen molar-refractivity contribution >= 4 is 23.3 Å². The van der Waals surface area contributed by atoms with Crippen LogP contribution in [-0.2, 0) is 14.3 Å². The molecule has 1 amide bonds. The fraction of sp³-hybridized carbons (Fsp3) is 0.429. The quantitative estimate of drug-likeness (QED) is 0.330. The van der Waals surface area contributed by atoms with E-state index in [1.165, 1.54) is 25.3 Å². The highest BCUT2D eigenvalue weighted by molar-refractivity contribution is 6.04. The summed E-state index contributed by atoms with van der Waals surface area (Å²) in [6.07, 6.45) is -0.476. The number of amides is 1. The molecular formula is C14H18N2O6. The van der Waals surface area contributed by atoms with Gasteiger partial charge in [0.25, 0.3) is 5.69 Å². The predicted octanol–water partition coefficient (Wildman–Crippen LogP) is 1.91. The third-order valence-electron chi connectivity index (χ3n) is 2.89. The molecule has 22 heavy (non-hydrogen) atoms. The highest BCUT2D eigenvalue weighted by Gasteiger charge is 2.25. The van der Waals surface area contributed by atoms with Gasteiger partial charge in [-0.1, -0.05) is 0 Å². The number of nitro benzene ring substituents is 1. The number of carbonyl (C=O) groups is 2. The molecule has 0 radical (unpaired) electrons. The van der Waals surface area contributed by atoms with Gasteiger partial charge in [-0.15, -0.1) is 0 Å². The molecule has 0 spiro atoms. The molecule has 1 aromatic rings. The van der Waals surface area contributed by atoms with Crippen LogP contribution >= 0.6 is 0 Å². The Hall–Kier alpha value is -2.64. The van der Waals surface area contributed by atoms with E-state index in [-0.39, 0.29) is 24.5 Å². The summed E-state index contributed by atoms with van der Waals surface area (Å²) < 4.78 is 9.75. The van der Waals surface area contributed by atoms with Gasteiger partial charge in [0.1, 0.15) is 17.9 Å². The van der Waals surface area contributed by atoms with Crippen LogP contribution in [0.25, 0.3) is 0 Å². The van der Waals surface area contributed by atoms with Gasteiger partial charge in [0.05, 0.1) is 18.6 Å². The predicted molar refractivity (Wildman–Crippen MR) is 78.9 cm³/mol. The normalized spacial score (nSPS) is 9.95. The fourth-order valence-electron chi connectivity index (χ4n) is 1.91. The molecular weight excluding hydrogens is 292 g/mol. The van der Waals surface area contributed by atoms with E-state index in [9.17, 15) is 19.7 Å². The van der Waals surface area contributed by atoms with Crippen LogP contribution in [0.5, 0.6) is 5.75 Å². The summed E-state index contributed by atoms with van der Waals surface area (Å²) in [6.45, 7) is 3.63. The zero-order chi connectivity index (χ0) is 16.7. The number of nitrogens with zero attached hydrogens (tertiary/aromatic N) is 2. The Balaban J connectivity index is 3.14. The Morgan fingerprint density at radius 1 is 1.32 bits per heavy atom. The highest BCUT2D eigenvalue weighted by atomic mass is 16.6. The number of rotatable bonds is 7. The van der Waals surface area contributed by atoms with Gasteiger partial charge in [-0.2, -0.15) is 0 Å². The van der Waals surface area contributed by atoms with Crippen LogP contribution in [0.2, 0.25) is 0 Å². The lowest BCUT2D eigenvalue weighted by Crippen LogP contribution is -2.33. The van der Waals surface area contributed by atoms with E-state index in [4.69, 9.17) is 9.47 Å². The van der Waals surface area contributed by atoms with Crippen molar-refractivity contribution in [3.05, 3.63) is 28.3 Å². The van der Waals surface area contributed by atoms with Crippen LogP contribution in [0.4, 0.5) is 11.4 Å². The third-order valence-corrected chi connectivity index (χ3v) is 2.89. The van der Waals surface area contributed by atoms with Crippen LogP contribution in [0.1, 0.15) is 20.3 Å². The molecule has 0 unspecified atom stereocenters. The average molecular weight is 310 g/mol. The molecule has 0 aliphatic carbocycles. The molecule has 0 atom stereocenters. The minimum atomic E-state index is -0.670. The summed E-state index contributed by atoms with van der Waals surface area (Å²) in [7, 11) is 1.42. The molecule has 8 nitrogen and oxygen atoms in total. The fourth-order valence-corrected chi connectivity index (χ4v) is 1.91. The first-order valence-electron chi connectivity index (χ1n) is 6.72. The first kappa shape index (κ1) is 17.4.